The van der Waals surface area contributed by atoms with E-state index in [0.717, 1.165) is 76.9 Å². The molecule has 7 nitrogen and oxygen atoms in total. The summed E-state index contributed by atoms with van der Waals surface area (Å²) in [6.07, 6.45) is 14.4. The van der Waals surface area contributed by atoms with Gasteiger partial charge in [-0.25, -0.2) is 0 Å². The van der Waals surface area contributed by atoms with Gasteiger partial charge < -0.3 is 19.6 Å². The van der Waals surface area contributed by atoms with Crippen LogP contribution in [0.15, 0.2) is 10.7 Å². The Hall–Kier alpha value is -2.96. The van der Waals surface area contributed by atoms with Crippen LogP contribution in [0.2, 0.25) is 0 Å². The number of rotatable bonds is 7. The summed E-state index contributed by atoms with van der Waals surface area (Å²) in [6.45, 7) is 20.5. The molecule has 9 atom stereocenters. The molecule has 1 aromatic rings. The second kappa shape index (κ2) is 15.2. The average Bonchev–Trinajstić information content (AvgIpc) is 3.71. The lowest BCUT2D eigenvalue weighted by Gasteiger charge is -2.72. The van der Waals surface area contributed by atoms with Crippen LogP contribution in [0.3, 0.4) is 0 Å². The fourth-order valence-corrected chi connectivity index (χ4v) is 13.1. The summed E-state index contributed by atoms with van der Waals surface area (Å²) in [4.78, 5) is 38.8. The number of terminal acetylenes is 1. The van der Waals surface area contributed by atoms with Gasteiger partial charge >= 0.3 is 18.1 Å². The summed E-state index contributed by atoms with van der Waals surface area (Å²) in [5.74, 6) is -1.18. The molecule has 54 heavy (non-hydrogen) atoms. The van der Waals surface area contributed by atoms with Crippen LogP contribution in [0.25, 0.3) is 0 Å². The molecule has 1 heterocycles. The van der Waals surface area contributed by atoms with Gasteiger partial charge in [0.05, 0.1) is 23.5 Å². The number of esters is 1. The van der Waals surface area contributed by atoms with Gasteiger partial charge in [0, 0.05) is 17.5 Å². The zero-order valence-electron chi connectivity index (χ0n) is 34.4. The minimum Gasteiger partial charge on any atom is -0.481 e. The number of alkyl halides is 3. The van der Waals surface area contributed by atoms with Crippen molar-refractivity contribution in [3.63, 3.8) is 0 Å². The third-order valence-electron chi connectivity index (χ3n) is 16.0. The van der Waals surface area contributed by atoms with Crippen molar-refractivity contribution in [3.05, 3.63) is 23.2 Å². The minimum atomic E-state index is -4.61. The molecule has 10 heteroatoms. The molecule has 0 radical (unpaired) electrons. The number of carbonyl (C=O) groups is 3. The predicted molar refractivity (Wildman–Crippen MR) is 203 cm³/mol. The van der Waals surface area contributed by atoms with Gasteiger partial charge in [-0.3, -0.25) is 14.4 Å². The number of hydrogen-bond donors (Lipinski definition) is 2. The van der Waals surface area contributed by atoms with Crippen LogP contribution in [-0.2, 0) is 31.8 Å². The molecule has 5 aliphatic rings. The van der Waals surface area contributed by atoms with Gasteiger partial charge in [0.15, 0.2) is 0 Å². The number of amides is 1. The monoisotopic (exact) mass is 761 g/mol. The molecule has 0 bridgehead atoms. The topological polar surface area (TPSA) is 106 Å². The van der Waals surface area contributed by atoms with Gasteiger partial charge in [0.25, 0.3) is 0 Å². The molecule has 0 aromatic carbocycles. The van der Waals surface area contributed by atoms with E-state index >= 15 is 0 Å². The molecule has 0 saturated heterocycles. The smallest absolute Gasteiger partial charge is 0.449 e. The van der Waals surface area contributed by atoms with Crippen LogP contribution < -0.4 is 5.32 Å². The summed E-state index contributed by atoms with van der Waals surface area (Å²) >= 11 is 0. The van der Waals surface area contributed by atoms with Crippen LogP contribution in [0, 0.1) is 75.9 Å². The van der Waals surface area contributed by atoms with E-state index in [1.54, 1.807) is 20.8 Å². The van der Waals surface area contributed by atoms with E-state index < -0.39 is 34.7 Å². The van der Waals surface area contributed by atoms with Gasteiger partial charge in [0.2, 0.25) is 11.7 Å². The van der Waals surface area contributed by atoms with Crippen molar-refractivity contribution >= 4 is 17.8 Å². The molecule has 0 spiro atoms. The first-order valence-electron chi connectivity index (χ1n) is 20.2. The molecular weight excluding hydrogens is 695 g/mol. The summed E-state index contributed by atoms with van der Waals surface area (Å²) in [7, 11) is 0. The summed E-state index contributed by atoms with van der Waals surface area (Å²) in [6, 6.07) is 0. The molecule has 0 aliphatic heterocycles. The van der Waals surface area contributed by atoms with E-state index in [1.807, 2.05) is 13.8 Å². The molecule has 1 amide bonds. The number of fused-ring (bicyclic) bond motifs is 7. The fraction of sp³-hybridized carbons (Fsp3) is 0.795. The van der Waals surface area contributed by atoms with Crippen LogP contribution in [-0.4, -0.2) is 29.1 Å². The van der Waals surface area contributed by atoms with E-state index in [-0.39, 0.29) is 58.1 Å². The summed E-state index contributed by atoms with van der Waals surface area (Å²) in [5, 5.41) is 12.5. The Labute approximate surface area is 321 Å². The fourth-order valence-electron chi connectivity index (χ4n) is 13.1. The zero-order chi connectivity index (χ0) is 40.9. The van der Waals surface area contributed by atoms with Crippen molar-refractivity contribution in [2.75, 3.05) is 0 Å². The standard InChI is InChI=1S/C40H58F3NO6.C2H6.C2H2/c1-23-22-49-31(40(41,42)43)24(23)21-44-32(46)39-15-9-10-26(39)25-11-12-28-36(6)16-14-29(50-30(45)20-34(2,3)33(47)48)35(4,5)27(36)13-17-38(28,8)37(25,7)18-19-39;2*1-2/h22,25-29H,9-21H2,1-8H3,(H,44,46)(H,47,48);1-2H3;1-2H/t25?,26?,27?,28?,29?,36?,37-,38?,39?;;/m1../s1. The van der Waals surface area contributed by atoms with Gasteiger partial charge in [-0.2, -0.15) is 13.2 Å². The Bertz CT molecular complexity index is 1580. The third-order valence-corrected chi connectivity index (χ3v) is 16.0. The maximum atomic E-state index is 14.1. The van der Waals surface area contributed by atoms with Crippen molar-refractivity contribution in [2.24, 2.45) is 56.2 Å². The predicted octanol–water partition coefficient (Wildman–Crippen LogP) is 10.8. The summed E-state index contributed by atoms with van der Waals surface area (Å²) in [5.41, 5.74) is -1.46. The first kappa shape index (κ1) is 43.8. The number of nitrogens with one attached hydrogen (secondary N) is 1. The lowest BCUT2D eigenvalue weighted by atomic mass is 9.32. The highest BCUT2D eigenvalue weighted by molar-refractivity contribution is 5.84. The maximum absolute atomic E-state index is 14.1. The molecule has 5 fully saturated rings. The Kier molecular flexibility index (Phi) is 12.3. The van der Waals surface area contributed by atoms with E-state index in [4.69, 9.17) is 9.15 Å². The second-order valence-electron chi connectivity index (χ2n) is 18.9. The number of ether oxygens (including phenoxy) is 1. The highest BCUT2D eigenvalue weighted by Crippen LogP contribution is 2.77. The number of carbonyl (C=O) groups excluding carboxylic acids is 2. The molecule has 5 aliphatic carbocycles. The molecule has 6 rings (SSSR count). The number of furan rings is 1. The van der Waals surface area contributed by atoms with Gasteiger partial charge in [-0.1, -0.05) is 54.9 Å². The van der Waals surface area contributed by atoms with Gasteiger partial charge in [-0.05, 0) is 130 Å². The number of aliphatic carboxylic acids is 1. The number of carboxylic acid groups (broad SMARTS) is 1. The van der Waals surface area contributed by atoms with Crippen molar-refractivity contribution in [3.8, 4) is 12.8 Å². The molecule has 304 valence electrons. The normalized spacial score (nSPS) is 36.6. The Morgan fingerprint density at radius 1 is 0.889 bits per heavy atom. The van der Waals surface area contributed by atoms with E-state index in [0.29, 0.717) is 23.3 Å². The Morgan fingerprint density at radius 3 is 2.15 bits per heavy atom. The highest BCUT2D eigenvalue weighted by atomic mass is 19.4. The first-order chi connectivity index (χ1) is 25.0. The Balaban J connectivity index is 0.00000157. The highest BCUT2D eigenvalue weighted by Gasteiger charge is 2.71. The average molecular weight is 762 g/mol. The van der Waals surface area contributed by atoms with E-state index in [1.165, 1.54) is 0 Å². The first-order valence-corrected chi connectivity index (χ1v) is 20.2. The number of hydrogen-bond acceptors (Lipinski definition) is 5. The lowest BCUT2D eigenvalue weighted by molar-refractivity contribution is -0.247. The third kappa shape index (κ3) is 6.90. The number of carboxylic acids is 1. The van der Waals surface area contributed by atoms with Crippen LogP contribution in [0.5, 0.6) is 0 Å². The van der Waals surface area contributed by atoms with Crippen molar-refractivity contribution in [2.45, 2.75) is 165 Å². The minimum absolute atomic E-state index is 0.00646. The lowest BCUT2D eigenvalue weighted by Crippen LogP contribution is -2.67. The summed E-state index contributed by atoms with van der Waals surface area (Å²) < 4.78 is 51.9. The number of halogens is 3. The van der Waals surface area contributed by atoms with E-state index in [2.05, 4.69) is 52.8 Å². The van der Waals surface area contributed by atoms with Gasteiger partial charge in [0.1, 0.15) is 6.10 Å². The van der Waals surface area contributed by atoms with Gasteiger partial charge in [-0.15, -0.1) is 12.8 Å². The van der Waals surface area contributed by atoms with Crippen molar-refractivity contribution < 1.29 is 41.8 Å². The maximum Gasteiger partial charge on any atom is 0.449 e. The van der Waals surface area contributed by atoms with Crippen LogP contribution in [0.4, 0.5) is 13.2 Å². The van der Waals surface area contributed by atoms with Crippen molar-refractivity contribution in [1.29, 1.82) is 0 Å². The van der Waals surface area contributed by atoms with Crippen LogP contribution in [0.1, 0.15) is 156 Å². The van der Waals surface area contributed by atoms with Crippen LogP contribution >= 0.6 is 0 Å². The second-order valence-corrected chi connectivity index (χ2v) is 18.9. The molecule has 8 unspecified atom stereocenters. The number of aryl methyl sites for hydroxylation is 1. The molecule has 2 N–H and O–H groups in total. The molecule has 5 saturated carbocycles. The Morgan fingerprint density at radius 2 is 1.54 bits per heavy atom. The SMILES string of the molecule is C#C.CC.Cc1coc(C(F)(F)F)c1CNC(=O)C12CCCC1C1CCC3C4(C)CCC(OC(=O)CC(C)(C)C(=O)O)C(C)(C)C4CCC3(C)[C@]1(C)CC2. The van der Waals surface area contributed by atoms with E-state index in [9.17, 15) is 32.7 Å². The molecular formula is C44H66F3NO6. The zero-order valence-corrected chi connectivity index (χ0v) is 34.4. The largest absolute Gasteiger partial charge is 0.481 e. The quantitative estimate of drug-likeness (QED) is 0.212. The molecule has 1 aromatic heterocycles. The van der Waals surface area contributed by atoms with Crippen molar-refractivity contribution in [1.82, 2.24) is 5.32 Å².